The average Bonchev–Trinajstić information content (AvgIpc) is 2.36. The second kappa shape index (κ2) is 5.01. The van der Waals surface area contributed by atoms with Crippen molar-refractivity contribution in [2.45, 2.75) is 6.92 Å². The van der Waals surface area contributed by atoms with Gasteiger partial charge in [-0.1, -0.05) is 11.6 Å². The summed E-state index contributed by atoms with van der Waals surface area (Å²) in [7, 11) is 0. The smallest absolute Gasteiger partial charge is 0.374 e. The van der Waals surface area contributed by atoms with Crippen molar-refractivity contribution in [2.75, 3.05) is 13.2 Å². The monoisotopic (exact) mass is 247 g/mol. The molecule has 0 fully saturated rings. The number of rotatable bonds is 3. The molecule has 0 atom stereocenters. The largest absolute Gasteiger partial charge is 0.458 e. The minimum Gasteiger partial charge on any atom is -0.458 e. The molecule has 0 spiro atoms. The quantitative estimate of drug-likeness (QED) is 0.824. The highest BCUT2D eigenvalue weighted by Crippen LogP contribution is 2.14. The van der Waals surface area contributed by atoms with Crippen LogP contribution in [0.2, 0.25) is 0 Å². The summed E-state index contributed by atoms with van der Waals surface area (Å²) in [5.74, 6) is -0.787. The Bertz CT molecular complexity index is 645. The Balaban J connectivity index is 2.46. The second-order valence-electron chi connectivity index (χ2n) is 3.90. The summed E-state index contributed by atoms with van der Waals surface area (Å²) in [6, 6.07) is 6.32. The van der Waals surface area contributed by atoms with Gasteiger partial charge in [0, 0.05) is 12.6 Å². The van der Waals surface area contributed by atoms with Crippen molar-refractivity contribution in [1.29, 1.82) is 0 Å². The number of aryl methyl sites for hydroxylation is 1. The summed E-state index contributed by atoms with van der Waals surface area (Å²) in [5, 5.41) is 0.449. The molecule has 2 rings (SSSR count). The standard InChI is InChI=1S/C13H13NO4/c1-8-2-3-11-9(6-8)10(15)7-12(18-11)13(16)17-5-4-14/h2-3,6-7H,4-5,14H2,1H3. The van der Waals surface area contributed by atoms with E-state index in [1.54, 1.807) is 18.2 Å². The van der Waals surface area contributed by atoms with Gasteiger partial charge in [0.25, 0.3) is 0 Å². The van der Waals surface area contributed by atoms with E-state index in [-0.39, 0.29) is 24.3 Å². The third kappa shape index (κ3) is 2.41. The normalized spacial score (nSPS) is 10.6. The average molecular weight is 247 g/mol. The van der Waals surface area contributed by atoms with Crippen LogP contribution >= 0.6 is 0 Å². The molecule has 0 radical (unpaired) electrons. The number of fused-ring (bicyclic) bond motifs is 1. The van der Waals surface area contributed by atoms with Gasteiger partial charge in [-0.25, -0.2) is 4.79 Å². The van der Waals surface area contributed by atoms with E-state index in [9.17, 15) is 9.59 Å². The summed E-state index contributed by atoms with van der Waals surface area (Å²) in [6.07, 6.45) is 0. The van der Waals surface area contributed by atoms with Crippen LogP contribution in [0.1, 0.15) is 16.1 Å². The number of carbonyl (C=O) groups is 1. The van der Waals surface area contributed by atoms with E-state index in [4.69, 9.17) is 14.9 Å². The number of nitrogens with two attached hydrogens (primary N) is 1. The highest BCUT2D eigenvalue weighted by Gasteiger charge is 2.13. The zero-order valence-corrected chi connectivity index (χ0v) is 9.93. The third-order valence-electron chi connectivity index (χ3n) is 2.43. The summed E-state index contributed by atoms with van der Waals surface area (Å²) in [4.78, 5) is 23.4. The van der Waals surface area contributed by atoms with Crippen molar-refractivity contribution in [2.24, 2.45) is 5.73 Å². The van der Waals surface area contributed by atoms with Gasteiger partial charge in [0.05, 0.1) is 5.39 Å². The molecule has 2 aromatic rings. The summed E-state index contributed by atoms with van der Waals surface area (Å²) < 4.78 is 10.1. The predicted molar refractivity (Wildman–Crippen MR) is 66.6 cm³/mol. The highest BCUT2D eigenvalue weighted by molar-refractivity contribution is 5.89. The van der Waals surface area contributed by atoms with Crippen molar-refractivity contribution < 1.29 is 13.9 Å². The van der Waals surface area contributed by atoms with Crippen LogP contribution in [0.3, 0.4) is 0 Å². The highest BCUT2D eigenvalue weighted by atomic mass is 16.5. The summed E-state index contributed by atoms with van der Waals surface area (Å²) in [5.41, 5.74) is 6.28. The van der Waals surface area contributed by atoms with Crippen molar-refractivity contribution in [3.63, 3.8) is 0 Å². The zero-order chi connectivity index (χ0) is 13.1. The Morgan fingerprint density at radius 1 is 1.39 bits per heavy atom. The fraction of sp³-hybridized carbons (Fsp3) is 0.231. The molecule has 0 bridgehead atoms. The first-order chi connectivity index (χ1) is 8.61. The topological polar surface area (TPSA) is 82.5 Å². The molecule has 1 aromatic heterocycles. The number of esters is 1. The molecular weight excluding hydrogens is 234 g/mol. The first kappa shape index (κ1) is 12.3. The molecule has 0 saturated heterocycles. The van der Waals surface area contributed by atoms with Gasteiger partial charge in [0.1, 0.15) is 12.2 Å². The molecule has 0 saturated carbocycles. The first-order valence-corrected chi connectivity index (χ1v) is 5.53. The number of hydrogen-bond donors (Lipinski definition) is 1. The van der Waals surface area contributed by atoms with Gasteiger partial charge in [0.15, 0.2) is 5.43 Å². The molecule has 0 amide bonds. The van der Waals surface area contributed by atoms with Crippen LogP contribution in [-0.4, -0.2) is 19.1 Å². The van der Waals surface area contributed by atoms with Gasteiger partial charge in [-0.2, -0.15) is 0 Å². The van der Waals surface area contributed by atoms with Crippen LogP contribution in [0, 0.1) is 6.92 Å². The Morgan fingerprint density at radius 3 is 2.89 bits per heavy atom. The van der Waals surface area contributed by atoms with E-state index in [1.165, 1.54) is 0 Å². The lowest BCUT2D eigenvalue weighted by atomic mass is 10.1. The number of ether oxygens (including phenoxy) is 1. The molecular formula is C13H13NO4. The molecule has 18 heavy (non-hydrogen) atoms. The lowest BCUT2D eigenvalue weighted by Gasteiger charge is -2.03. The Kier molecular flexibility index (Phi) is 3.43. The van der Waals surface area contributed by atoms with Crippen LogP contribution in [0.4, 0.5) is 0 Å². The molecule has 0 aliphatic rings. The van der Waals surface area contributed by atoms with Gasteiger partial charge in [-0.05, 0) is 19.1 Å². The Morgan fingerprint density at radius 2 is 2.17 bits per heavy atom. The van der Waals surface area contributed by atoms with Crippen LogP contribution in [0.25, 0.3) is 11.0 Å². The van der Waals surface area contributed by atoms with E-state index >= 15 is 0 Å². The Hall–Kier alpha value is -2.14. The maximum Gasteiger partial charge on any atom is 0.374 e. The lowest BCUT2D eigenvalue weighted by molar-refractivity contribution is 0.0481. The van der Waals surface area contributed by atoms with E-state index in [2.05, 4.69) is 0 Å². The van der Waals surface area contributed by atoms with Crippen LogP contribution < -0.4 is 11.2 Å². The van der Waals surface area contributed by atoms with Gasteiger partial charge < -0.3 is 14.9 Å². The molecule has 94 valence electrons. The van der Waals surface area contributed by atoms with Crippen molar-refractivity contribution in [3.8, 4) is 0 Å². The van der Waals surface area contributed by atoms with Gasteiger partial charge in [-0.3, -0.25) is 4.79 Å². The van der Waals surface area contributed by atoms with E-state index in [0.717, 1.165) is 11.6 Å². The minimum atomic E-state index is -0.681. The predicted octanol–water partition coefficient (Wildman–Crippen LogP) is 1.22. The molecule has 5 nitrogen and oxygen atoms in total. The molecule has 0 unspecified atom stereocenters. The van der Waals surface area contributed by atoms with E-state index < -0.39 is 5.97 Å². The van der Waals surface area contributed by atoms with Gasteiger partial charge >= 0.3 is 5.97 Å². The molecule has 1 heterocycles. The number of carbonyl (C=O) groups excluding carboxylic acids is 1. The molecule has 0 aliphatic heterocycles. The minimum absolute atomic E-state index is 0.0917. The molecule has 1 aromatic carbocycles. The summed E-state index contributed by atoms with van der Waals surface area (Å²) >= 11 is 0. The first-order valence-electron chi connectivity index (χ1n) is 5.53. The Labute approximate surface area is 103 Å². The number of benzene rings is 1. The van der Waals surface area contributed by atoms with Crippen LogP contribution in [-0.2, 0) is 4.74 Å². The van der Waals surface area contributed by atoms with Crippen LogP contribution in [0.5, 0.6) is 0 Å². The van der Waals surface area contributed by atoms with Crippen molar-refractivity contribution in [1.82, 2.24) is 0 Å². The van der Waals surface area contributed by atoms with E-state index in [0.29, 0.717) is 11.0 Å². The SMILES string of the molecule is Cc1ccc2oc(C(=O)OCCN)cc(=O)c2c1. The van der Waals surface area contributed by atoms with Gasteiger partial charge in [-0.15, -0.1) is 0 Å². The molecule has 5 heteroatoms. The fourth-order valence-electron chi connectivity index (χ4n) is 1.59. The second-order valence-corrected chi connectivity index (χ2v) is 3.90. The van der Waals surface area contributed by atoms with E-state index in [1.807, 2.05) is 6.92 Å². The number of hydrogen-bond acceptors (Lipinski definition) is 5. The maximum atomic E-state index is 11.8. The fourth-order valence-corrected chi connectivity index (χ4v) is 1.59. The summed E-state index contributed by atoms with van der Waals surface area (Å²) in [6.45, 7) is 2.19. The molecule has 2 N–H and O–H groups in total. The lowest BCUT2D eigenvalue weighted by Crippen LogP contribution is -2.15. The van der Waals surface area contributed by atoms with Gasteiger partial charge in [0.2, 0.25) is 5.76 Å². The zero-order valence-electron chi connectivity index (χ0n) is 9.93. The van der Waals surface area contributed by atoms with Crippen molar-refractivity contribution >= 4 is 16.9 Å². The molecule has 0 aliphatic carbocycles. The third-order valence-corrected chi connectivity index (χ3v) is 2.43. The van der Waals surface area contributed by atoms with Crippen molar-refractivity contribution in [3.05, 3.63) is 45.8 Å². The van der Waals surface area contributed by atoms with Crippen LogP contribution in [0.15, 0.2) is 33.5 Å². The maximum absolute atomic E-state index is 11.8.